The first kappa shape index (κ1) is 8.79. The van der Waals surface area contributed by atoms with Gasteiger partial charge < -0.3 is 5.73 Å². The molecule has 0 spiro atoms. The molecule has 0 aliphatic carbocycles. The molecule has 0 heterocycles. The minimum absolute atomic E-state index is 0.481. The predicted molar refractivity (Wildman–Crippen MR) is 54.7 cm³/mol. The van der Waals surface area contributed by atoms with Crippen LogP contribution >= 0.6 is 0 Å². The topological polar surface area (TPSA) is 26.0 Å². The van der Waals surface area contributed by atoms with Crippen molar-refractivity contribution in [3.8, 4) is 37.0 Å². The van der Waals surface area contributed by atoms with Crippen LogP contribution in [0.5, 0.6) is 0 Å². The SMILES string of the molecule is C#Cc1ccc(N)c(C#C)c1C#C. The van der Waals surface area contributed by atoms with E-state index in [0.29, 0.717) is 22.4 Å². The van der Waals surface area contributed by atoms with Gasteiger partial charge in [-0.05, 0) is 12.1 Å². The summed E-state index contributed by atoms with van der Waals surface area (Å²) in [4.78, 5) is 0. The molecular formula is C12H7N. The maximum Gasteiger partial charge on any atom is 0.0641 e. The van der Waals surface area contributed by atoms with Gasteiger partial charge in [0.05, 0.1) is 11.1 Å². The minimum atomic E-state index is 0.481. The second kappa shape index (κ2) is 3.40. The highest BCUT2D eigenvalue weighted by Gasteiger charge is 2.05. The van der Waals surface area contributed by atoms with Crippen LogP contribution in [0.2, 0.25) is 0 Å². The summed E-state index contributed by atoms with van der Waals surface area (Å²) in [5, 5.41) is 0. The van der Waals surface area contributed by atoms with Crippen molar-refractivity contribution in [2.24, 2.45) is 0 Å². The molecule has 1 heteroatoms. The first-order valence-electron chi connectivity index (χ1n) is 3.57. The summed E-state index contributed by atoms with van der Waals surface area (Å²) >= 11 is 0. The third-order valence-electron chi connectivity index (χ3n) is 1.68. The number of hydrogen-bond acceptors (Lipinski definition) is 1. The first-order chi connectivity index (χ1) is 6.24. The van der Waals surface area contributed by atoms with E-state index in [1.807, 2.05) is 0 Å². The quantitative estimate of drug-likeness (QED) is 0.454. The lowest BCUT2D eigenvalue weighted by molar-refractivity contribution is 1.54. The minimum Gasteiger partial charge on any atom is -0.398 e. The molecule has 2 N–H and O–H groups in total. The average molecular weight is 165 g/mol. The van der Waals surface area contributed by atoms with Crippen molar-refractivity contribution in [3.05, 3.63) is 28.8 Å². The van der Waals surface area contributed by atoms with Gasteiger partial charge in [0.2, 0.25) is 0 Å². The maximum absolute atomic E-state index is 5.62. The Balaban J connectivity index is 3.63. The van der Waals surface area contributed by atoms with Crippen LogP contribution in [-0.4, -0.2) is 0 Å². The molecule has 0 saturated heterocycles. The maximum atomic E-state index is 5.62. The Morgan fingerprint density at radius 1 is 0.923 bits per heavy atom. The zero-order valence-electron chi connectivity index (χ0n) is 6.96. The zero-order chi connectivity index (χ0) is 9.84. The Hall–Kier alpha value is -2.30. The van der Waals surface area contributed by atoms with Crippen molar-refractivity contribution in [2.75, 3.05) is 5.73 Å². The van der Waals surface area contributed by atoms with E-state index in [2.05, 4.69) is 17.8 Å². The van der Waals surface area contributed by atoms with Gasteiger partial charge in [-0.1, -0.05) is 17.8 Å². The molecule has 13 heavy (non-hydrogen) atoms. The number of terminal acetylenes is 3. The average Bonchev–Trinajstić information content (AvgIpc) is 2.17. The molecule has 1 aromatic carbocycles. The number of nitrogens with two attached hydrogens (primary N) is 1. The molecule has 0 amide bonds. The van der Waals surface area contributed by atoms with Crippen LogP contribution < -0.4 is 5.73 Å². The predicted octanol–water partition coefficient (Wildman–Crippen LogP) is 1.21. The Morgan fingerprint density at radius 2 is 1.54 bits per heavy atom. The molecule has 60 valence electrons. The van der Waals surface area contributed by atoms with Gasteiger partial charge in [-0.3, -0.25) is 0 Å². The summed E-state index contributed by atoms with van der Waals surface area (Å²) in [5.41, 5.74) is 7.72. The molecule has 0 aromatic heterocycles. The molecule has 0 unspecified atom stereocenters. The standard InChI is InChI=1S/C12H7N/c1-4-9-7-8-12(13)11(6-3)10(9)5-2/h1-3,7-8H,13H2. The number of nitrogen functional groups attached to an aromatic ring is 1. The number of hydrogen-bond donors (Lipinski definition) is 1. The highest BCUT2D eigenvalue weighted by molar-refractivity contribution is 5.68. The smallest absolute Gasteiger partial charge is 0.0641 e. The van der Waals surface area contributed by atoms with E-state index in [1.165, 1.54) is 0 Å². The van der Waals surface area contributed by atoms with Gasteiger partial charge in [-0.2, -0.15) is 0 Å². The molecule has 0 aliphatic heterocycles. The Bertz CT molecular complexity index is 462. The van der Waals surface area contributed by atoms with Crippen molar-refractivity contribution in [1.29, 1.82) is 0 Å². The van der Waals surface area contributed by atoms with Crippen LogP contribution in [-0.2, 0) is 0 Å². The molecule has 1 rings (SSSR count). The van der Waals surface area contributed by atoms with Gasteiger partial charge >= 0.3 is 0 Å². The summed E-state index contributed by atoms with van der Waals surface area (Å²) in [7, 11) is 0. The molecule has 0 bridgehead atoms. The second-order valence-corrected chi connectivity index (χ2v) is 2.39. The lowest BCUT2D eigenvalue weighted by Crippen LogP contribution is -1.96. The van der Waals surface area contributed by atoms with Gasteiger partial charge in [-0.25, -0.2) is 0 Å². The summed E-state index contributed by atoms with van der Waals surface area (Å²) < 4.78 is 0. The number of benzene rings is 1. The fraction of sp³-hybridized carbons (Fsp3) is 0. The van der Waals surface area contributed by atoms with Crippen LogP contribution in [0.3, 0.4) is 0 Å². The third-order valence-corrected chi connectivity index (χ3v) is 1.68. The van der Waals surface area contributed by atoms with Crippen LogP contribution in [0.15, 0.2) is 12.1 Å². The van der Waals surface area contributed by atoms with Crippen LogP contribution in [0.4, 0.5) is 5.69 Å². The van der Waals surface area contributed by atoms with Crippen molar-refractivity contribution in [3.63, 3.8) is 0 Å². The van der Waals surface area contributed by atoms with E-state index in [1.54, 1.807) is 12.1 Å². The summed E-state index contributed by atoms with van der Waals surface area (Å²) in [6, 6.07) is 3.34. The fourth-order valence-electron chi connectivity index (χ4n) is 1.04. The largest absolute Gasteiger partial charge is 0.398 e. The van der Waals surface area contributed by atoms with E-state index >= 15 is 0 Å². The van der Waals surface area contributed by atoms with Crippen LogP contribution in [0.1, 0.15) is 16.7 Å². The molecular weight excluding hydrogens is 158 g/mol. The molecule has 0 saturated carbocycles. The van der Waals surface area contributed by atoms with Gasteiger partial charge in [0.25, 0.3) is 0 Å². The van der Waals surface area contributed by atoms with Crippen LogP contribution in [0, 0.1) is 37.0 Å². The summed E-state index contributed by atoms with van der Waals surface area (Å²) in [5.74, 6) is 7.32. The van der Waals surface area contributed by atoms with E-state index in [0.717, 1.165) is 0 Å². The highest BCUT2D eigenvalue weighted by Crippen LogP contribution is 2.18. The lowest BCUT2D eigenvalue weighted by atomic mass is 10.0. The molecule has 0 radical (unpaired) electrons. The molecule has 0 aliphatic rings. The molecule has 0 fully saturated rings. The van der Waals surface area contributed by atoms with E-state index in [9.17, 15) is 0 Å². The number of anilines is 1. The monoisotopic (exact) mass is 165 g/mol. The lowest BCUT2D eigenvalue weighted by Gasteiger charge is -2.03. The van der Waals surface area contributed by atoms with Gasteiger partial charge in [0.1, 0.15) is 0 Å². The molecule has 1 aromatic rings. The normalized spacial score (nSPS) is 8.08. The van der Waals surface area contributed by atoms with E-state index < -0.39 is 0 Å². The third kappa shape index (κ3) is 1.34. The fourth-order valence-corrected chi connectivity index (χ4v) is 1.04. The van der Waals surface area contributed by atoms with E-state index in [4.69, 9.17) is 25.0 Å². The van der Waals surface area contributed by atoms with Crippen molar-refractivity contribution in [2.45, 2.75) is 0 Å². The molecule has 0 atom stereocenters. The highest BCUT2D eigenvalue weighted by atomic mass is 14.6. The first-order valence-corrected chi connectivity index (χ1v) is 3.57. The Labute approximate surface area is 78.0 Å². The Kier molecular flexibility index (Phi) is 2.30. The Morgan fingerprint density at radius 3 is 2.00 bits per heavy atom. The zero-order valence-corrected chi connectivity index (χ0v) is 6.96. The van der Waals surface area contributed by atoms with Gasteiger partial charge in [-0.15, -0.1) is 19.3 Å². The number of rotatable bonds is 0. The van der Waals surface area contributed by atoms with Crippen molar-refractivity contribution in [1.82, 2.24) is 0 Å². The second-order valence-electron chi connectivity index (χ2n) is 2.39. The van der Waals surface area contributed by atoms with Crippen LogP contribution in [0.25, 0.3) is 0 Å². The van der Waals surface area contributed by atoms with Gasteiger partial charge in [0, 0.05) is 11.3 Å². The summed E-state index contributed by atoms with van der Waals surface area (Å²) in [6.07, 6.45) is 15.8. The molecule has 1 nitrogen and oxygen atoms in total. The van der Waals surface area contributed by atoms with E-state index in [-0.39, 0.29) is 0 Å². The van der Waals surface area contributed by atoms with Crippen molar-refractivity contribution >= 4 is 5.69 Å². The van der Waals surface area contributed by atoms with Crippen molar-refractivity contribution < 1.29 is 0 Å². The summed E-state index contributed by atoms with van der Waals surface area (Å²) in [6.45, 7) is 0. The van der Waals surface area contributed by atoms with Gasteiger partial charge in [0.15, 0.2) is 0 Å².